The highest BCUT2D eigenvalue weighted by molar-refractivity contribution is 5.84. The molecule has 4 fully saturated rings. The summed E-state index contributed by atoms with van der Waals surface area (Å²) in [6, 6.07) is 4.13. The topological polar surface area (TPSA) is 20.9 Å². The first-order valence-corrected chi connectivity index (χ1v) is 8.12. The van der Waals surface area contributed by atoms with Crippen molar-refractivity contribution in [3.63, 3.8) is 0 Å². The molecule has 21 heavy (non-hydrogen) atoms. The molecule has 1 aromatic heterocycles. The van der Waals surface area contributed by atoms with E-state index >= 15 is 0 Å². The van der Waals surface area contributed by atoms with Crippen LogP contribution in [0.1, 0.15) is 44.1 Å². The Morgan fingerprint density at radius 3 is 2.29 bits per heavy atom. The zero-order chi connectivity index (χ0) is 13.7. The van der Waals surface area contributed by atoms with E-state index in [0.29, 0.717) is 12.3 Å². The van der Waals surface area contributed by atoms with Crippen molar-refractivity contribution in [3.8, 4) is 0 Å². The molecule has 4 aliphatic carbocycles. The lowest BCUT2D eigenvalue weighted by molar-refractivity contribution is -0.685. The molecule has 0 aromatic carbocycles. The third-order valence-electron chi connectivity index (χ3n) is 5.96. The number of aromatic nitrogens is 1. The van der Waals surface area contributed by atoms with Gasteiger partial charge in [-0.2, -0.15) is 4.57 Å². The molecule has 0 spiro atoms. The third-order valence-corrected chi connectivity index (χ3v) is 5.96. The van der Waals surface area contributed by atoms with Crippen LogP contribution in [0.25, 0.3) is 0 Å². The minimum absolute atomic E-state index is 0. The summed E-state index contributed by atoms with van der Waals surface area (Å²) in [4.78, 5) is 13.0. The molecule has 3 heteroatoms. The van der Waals surface area contributed by atoms with E-state index in [2.05, 4.69) is 23.8 Å². The van der Waals surface area contributed by atoms with E-state index in [1.165, 1.54) is 44.1 Å². The average molecular weight is 350 g/mol. The van der Waals surface area contributed by atoms with Crippen LogP contribution in [0, 0.1) is 30.1 Å². The highest BCUT2D eigenvalue weighted by Gasteiger charge is 2.54. The van der Waals surface area contributed by atoms with Gasteiger partial charge in [0.05, 0.1) is 0 Å². The van der Waals surface area contributed by atoms with Crippen LogP contribution in [-0.2, 0) is 11.3 Å². The Hall–Kier alpha value is -0.700. The molecule has 0 atom stereocenters. The van der Waals surface area contributed by atoms with Gasteiger partial charge in [0.15, 0.2) is 12.4 Å². The van der Waals surface area contributed by atoms with Crippen LogP contribution >= 0.6 is 0 Å². The number of halogens is 1. The largest absolute Gasteiger partial charge is 1.00 e. The van der Waals surface area contributed by atoms with E-state index in [-0.39, 0.29) is 22.4 Å². The van der Waals surface area contributed by atoms with E-state index in [9.17, 15) is 4.79 Å². The van der Waals surface area contributed by atoms with E-state index in [4.69, 9.17) is 0 Å². The van der Waals surface area contributed by atoms with Gasteiger partial charge in [-0.05, 0) is 69.3 Å². The molecule has 4 aliphatic rings. The fourth-order valence-electron chi connectivity index (χ4n) is 5.54. The second-order valence-electron chi connectivity index (χ2n) is 7.67. The van der Waals surface area contributed by atoms with Gasteiger partial charge < -0.3 is 17.0 Å². The van der Waals surface area contributed by atoms with Crippen molar-refractivity contribution < 1.29 is 26.3 Å². The Labute approximate surface area is 137 Å². The minimum Gasteiger partial charge on any atom is -1.00 e. The van der Waals surface area contributed by atoms with Gasteiger partial charge in [0.2, 0.25) is 12.3 Å². The van der Waals surface area contributed by atoms with Gasteiger partial charge in [-0.25, -0.2) is 0 Å². The van der Waals surface area contributed by atoms with Crippen molar-refractivity contribution in [2.24, 2.45) is 23.2 Å². The number of hydrogen-bond acceptors (Lipinski definition) is 1. The number of Topliss-reactive ketones (excluding diaryl/α,β-unsaturated/α-hetero) is 1. The number of carbonyl (C=O) groups is 1. The van der Waals surface area contributed by atoms with Gasteiger partial charge in [-0.1, -0.05) is 0 Å². The number of carbonyl (C=O) groups excluding carboxylic acids is 1. The van der Waals surface area contributed by atoms with E-state index in [1.807, 2.05) is 12.3 Å². The van der Waals surface area contributed by atoms with Gasteiger partial charge >= 0.3 is 0 Å². The summed E-state index contributed by atoms with van der Waals surface area (Å²) in [5.74, 6) is 3.07. The summed E-state index contributed by atoms with van der Waals surface area (Å²) >= 11 is 0. The molecule has 5 rings (SSSR count). The van der Waals surface area contributed by atoms with Crippen LogP contribution in [0.3, 0.4) is 0 Å². The summed E-state index contributed by atoms with van der Waals surface area (Å²) in [5.41, 5.74) is 1.27. The van der Waals surface area contributed by atoms with Crippen molar-refractivity contribution in [1.29, 1.82) is 0 Å². The zero-order valence-corrected chi connectivity index (χ0v) is 14.3. The molecule has 0 unspecified atom stereocenters. The van der Waals surface area contributed by atoms with Crippen LogP contribution in [0.2, 0.25) is 0 Å². The first-order chi connectivity index (χ1) is 9.63. The summed E-state index contributed by atoms with van der Waals surface area (Å²) in [6.45, 7) is 2.67. The summed E-state index contributed by atoms with van der Waals surface area (Å²) in [7, 11) is 0. The molecule has 0 aliphatic heterocycles. The number of hydrogen-bond donors (Lipinski definition) is 0. The highest BCUT2D eigenvalue weighted by atomic mass is 79.9. The van der Waals surface area contributed by atoms with Crippen LogP contribution in [0.5, 0.6) is 0 Å². The van der Waals surface area contributed by atoms with Crippen LogP contribution < -0.4 is 21.5 Å². The van der Waals surface area contributed by atoms with Crippen molar-refractivity contribution in [3.05, 3.63) is 30.1 Å². The molecule has 0 saturated heterocycles. The number of pyridine rings is 1. The Bertz CT molecular complexity index is 519. The predicted octanol–water partition coefficient (Wildman–Crippen LogP) is 0.0720. The van der Waals surface area contributed by atoms with Gasteiger partial charge in [0.25, 0.3) is 0 Å². The van der Waals surface area contributed by atoms with E-state index < -0.39 is 0 Å². The number of nitrogens with zero attached hydrogens (tertiary/aromatic N) is 1. The van der Waals surface area contributed by atoms with Gasteiger partial charge in [-0.3, -0.25) is 4.79 Å². The first kappa shape index (κ1) is 15.2. The maximum atomic E-state index is 13.0. The SMILES string of the molecule is Cc1ccc[n+](CC(=O)C23CC4CC(CC(C4)C2)C3)c1.[Br-]. The molecule has 0 amide bonds. The molecule has 1 aromatic rings. The fraction of sp³-hybridized carbons (Fsp3) is 0.667. The Morgan fingerprint density at radius 2 is 1.76 bits per heavy atom. The Morgan fingerprint density at radius 1 is 1.19 bits per heavy atom. The minimum atomic E-state index is 0. The van der Waals surface area contributed by atoms with E-state index in [1.54, 1.807) is 0 Å². The Kier molecular flexibility index (Phi) is 3.98. The first-order valence-electron chi connectivity index (χ1n) is 8.12. The summed E-state index contributed by atoms with van der Waals surface area (Å²) in [6.07, 6.45) is 11.9. The second-order valence-corrected chi connectivity index (χ2v) is 7.67. The molecular formula is C18H24BrNO. The lowest BCUT2D eigenvalue weighted by atomic mass is 9.48. The number of ketones is 1. The summed E-state index contributed by atoms with van der Waals surface area (Å²) < 4.78 is 2.08. The smallest absolute Gasteiger partial charge is 0.207 e. The molecular weight excluding hydrogens is 326 g/mol. The lowest BCUT2D eigenvalue weighted by Crippen LogP contribution is -3.00. The molecule has 1 heterocycles. The van der Waals surface area contributed by atoms with Crippen LogP contribution in [0.4, 0.5) is 0 Å². The second kappa shape index (κ2) is 5.49. The maximum Gasteiger partial charge on any atom is 0.207 e. The van der Waals surface area contributed by atoms with Gasteiger partial charge in [0.1, 0.15) is 0 Å². The average Bonchev–Trinajstić information content (AvgIpc) is 2.37. The number of aryl methyl sites for hydroxylation is 1. The van der Waals surface area contributed by atoms with E-state index in [0.717, 1.165) is 17.8 Å². The van der Waals surface area contributed by atoms with Crippen molar-refractivity contribution >= 4 is 5.78 Å². The Balaban J connectivity index is 0.00000132. The monoisotopic (exact) mass is 349 g/mol. The standard InChI is InChI=1S/C18H24NO.BrH/c1-13-3-2-4-19(11-13)12-17(20)18-8-14-5-15(9-18)7-16(6-14)10-18;/h2-4,11,14-16H,5-10,12H2,1H3;1H/q+1;/p-1. The third kappa shape index (κ3) is 2.69. The van der Waals surface area contributed by atoms with Gasteiger partial charge in [0, 0.05) is 17.0 Å². The highest BCUT2D eigenvalue weighted by Crippen LogP contribution is 2.60. The molecule has 114 valence electrons. The summed E-state index contributed by atoms with van der Waals surface area (Å²) in [5, 5.41) is 0. The van der Waals surface area contributed by atoms with Crippen molar-refractivity contribution in [2.45, 2.75) is 52.0 Å². The normalized spacial score (nSPS) is 36.3. The molecule has 2 nitrogen and oxygen atoms in total. The van der Waals surface area contributed by atoms with Crippen molar-refractivity contribution in [2.75, 3.05) is 0 Å². The fourth-order valence-corrected chi connectivity index (χ4v) is 5.54. The number of rotatable bonds is 3. The predicted molar refractivity (Wildman–Crippen MR) is 77.0 cm³/mol. The quantitative estimate of drug-likeness (QED) is 0.707. The zero-order valence-electron chi connectivity index (χ0n) is 12.7. The van der Waals surface area contributed by atoms with Gasteiger partial charge in [-0.15, -0.1) is 0 Å². The van der Waals surface area contributed by atoms with Crippen molar-refractivity contribution in [1.82, 2.24) is 0 Å². The molecule has 4 saturated carbocycles. The molecule has 4 bridgehead atoms. The molecule has 0 radical (unpaired) electrons. The lowest BCUT2D eigenvalue weighted by Gasteiger charge is -2.55. The maximum absolute atomic E-state index is 13.0. The van der Waals surface area contributed by atoms with Crippen LogP contribution in [0.15, 0.2) is 24.5 Å². The van der Waals surface area contributed by atoms with Crippen LogP contribution in [-0.4, -0.2) is 5.78 Å². The molecule has 0 N–H and O–H groups in total.